The van der Waals surface area contributed by atoms with E-state index in [4.69, 9.17) is 28.4 Å². The molecule has 12 bridgehead atoms. The lowest BCUT2D eigenvalue weighted by Crippen LogP contribution is -2.51. The lowest BCUT2D eigenvalue weighted by atomic mass is 9.49. The van der Waals surface area contributed by atoms with Gasteiger partial charge in [-0.1, -0.05) is 69.3 Å². The monoisotopic (exact) mass is 1960 g/mol. The summed E-state index contributed by atoms with van der Waals surface area (Å²) in [6.45, 7) is 19.6. The van der Waals surface area contributed by atoms with Crippen LogP contribution < -0.4 is 23.7 Å². The van der Waals surface area contributed by atoms with Crippen molar-refractivity contribution in [3.63, 3.8) is 0 Å². The molecule has 0 aromatic heterocycles. The molecule has 730 valence electrons. The van der Waals surface area contributed by atoms with Crippen molar-refractivity contribution in [2.75, 3.05) is 96.5 Å². The van der Waals surface area contributed by atoms with Gasteiger partial charge in [-0.05, 0) is 435 Å². The van der Waals surface area contributed by atoms with Crippen LogP contribution in [0, 0.1) is 112 Å². The largest absolute Gasteiger partial charge is 0.496 e. The molecule has 0 unspecified atom stereocenters. The first-order valence-corrected chi connectivity index (χ1v) is 62.3. The highest BCUT2D eigenvalue weighted by Crippen LogP contribution is 2.63. The molecule has 6 heterocycles. The van der Waals surface area contributed by atoms with Crippen LogP contribution in [-0.2, 0) is 99.4 Å². The van der Waals surface area contributed by atoms with E-state index in [-0.39, 0.29) is 59.4 Å². The fourth-order valence-electron chi connectivity index (χ4n) is 27.8. The van der Waals surface area contributed by atoms with Gasteiger partial charge in [-0.15, -0.1) is 0 Å². The van der Waals surface area contributed by atoms with Crippen LogP contribution in [0.15, 0.2) is 163 Å². The molecule has 0 atom stereocenters. The Balaban J connectivity index is 0.000000110. The summed E-state index contributed by atoms with van der Waals surface area (Å²) in [4.78, 5) is 59.6. The zero-order valence-corrected chi connectivity index (χ0v) is 88.9. The molecule has 6 saturated heterocycles. The summed E-state index contributed by atoms with van der Waals surface area (Å²) in [6.07, 6.45) is 42.0. The predicted molar refractivity (Wildman–Crippen MR) is 571 cm³/mol. The topological polar surface area (TPSA) is 133 Å². The molecule has 18 fully saturated rings. The van der Waals surface area contributed by atoms with Crippen LogP contribution in [0.25, 0.3) is 21.5 Å². The van der Waals surface area contributed by atoms with Gasteiger partial charge in [-0.2, -0.15) is 0 Å². The van der Waals surface area contributed by atoms with Gasteiger partial charge in [0.2, 0.25) is 0 Å². The Labute approximate surface area is 832 Å². The van der Waals surface area contributed by atoms with Gasteiger partial charge in [0.15, 0.2) is 42.6 Å². The van der Waals surface area contributed by atoms with Gasteiger partial charge in [0, 0.05) is 86.9 Å². The fourth-order valence-corrected chi connectivity index (χ4v) is 42.5. The first-order chi connectivity index (χ1) is 65.9. The van der Waals surface area contributed by atoms with Crippen LogP contribution in [-0.4, -0.2) is 126 Å². The molecule has 12 aliphatic carbocycles. The first-order valence-electron chi connectivity index (χ1n) is 52.9. The van der Waals surface area contributed by atoms with Crippen LogP contribution in [0.4, 0.5) is 0 Å². The minimum absolute atomic E-state index is 0.0118. The van der Waals surface area contributed by atoms with Crippen molar-refractivity contribution in [2.45, 2.75) is 309 Å². The number of fused-ring (bicyclic) bond motifs is 2. The smallest absolute Gasteiger partial charge is 0.344 e. The SMILES string of the molecule is CC(C)(C)c1ccc([S+]2CCCCC2)cc1.COC(=O)COc1ccc([S+]2CCCC2)c2ccccc12.COc1c(C)cc([S+]2CCCCC2)cc1C.Cc1cc([S+]2CCCC2)cc(C)c1OC(=O)C12CC3CC(CC(C3)C1)C2.Cc1cc([S+]2CCCCC2)cc(C)c1OC(=O)C12CC3CC(CC(C3)C1)C2.O=C(COc1ccc([S+]2CCCC2)c2ccccc12)OC1C2CC3CC(C2)CC1C3. The van der Waals surface area contributed by atoms with Crippen molar-refractivity contribution in [1.82, 2.24) is 0 Å². The van der Waals surface area contributed by atoms with Crippen LogP contribution in [0.5, 0.6) is 28.7 Å². The Morgan fingerprint density at radius 1 is 0.324 bits per heavy atom. The van der Waals surface area contributed by atoms with E-state index in [0.29, 0.717) is 77.2 Å². The van der Waals surface area contributed by atoms with Crippen LogP contribution in [0.2, 0.25) is 0 Å². The van der Waals surface area contributed by atoms with E-state index in [9.17, 15) is 19.2 Å². The molecule has 0 N–H and O–H groups in total. The molecule has 11 nitrogen and oxygen atoms in total. The van der Waals surface area contributed by atoms with Crippen LogP contribution in [0.1, 0.15) is 265 Å². The molecular weight excluding hydrogens is 1800 g/mol. The van der Waals surface area contributed by atoms with E-state index < -0.39 is 0 Å². The number of carbonyl (C=O) groups excluding carboxylic acids is 4. The number of ether oxygens (including phenoxy) is 7. The third-order valence-corrected chi connectivity index (χ3v) is 48.4. The molecule has 0 amide bonds. The highest BCUT2D eigenvalue weighted by atomic mass is 32.2. The number of rotatable bonds is 18. The fraction of sp³-hybridized carbons (Fsp3) is 0.597. The minimum Gasteiger partial charge on any atom is -0.496 e. The number of aryl methyl sites for hydroxylation is 6. The molecule has 12 saturated carbocycles. The highest BCUT2D eigenvalue weighted by Gasteiger charge is 2.58. The maximum Gasteiger partial charge on any atom is 0.344 e. The van der Waals surface area contributed by atoms with Gasteiger partial charge >= 0.3 is 23.9 Å². The first kappa shape index (κ1) is 99.8. The zero-order valence-electron chi connectivity index (χ0n) is 84.0. The second-order valence-corrected chi connectivity index (χ2v) is 58.4. The van der Waals surface area contributed by atoms with E-state index >= 15 is 0 Å². The molecule has 26 rings (SSSR count). The zero-order chi connectivity index (χ0) is 94.4. The summed E-state index contributed by atoms with van der Waals surface area (Å²) in [5.74, 6) is 27.8. The average molecular weight is 1960 g/mol. The second-order valence-electron chi connectivity index (χ2n) is 44.8. The Morgan fingerprint density at radius 2 is 0.618 bits per heavy atom. The number of carbonyl (C=O) groups is 4. The highest BCUT2D eigenvalue weighted by molar-refractivity contribution is 7.98. The molecule has 6 aliphatic heterocycles. The Bertz CT molecular complexity index is 5290. The molecule has 0 radical (unpaired) electrons. The Kier molecular flexibility index (Phi) is 33.1. The lowest BCUT2D eigenvalue weighted by molar-refractivity contribution is -0.172. The Hall–Kier alpha value is -6.34. The molecule has 0 spiro atoms. The summed E-state index contributed by atoms with van der Waals surface area (Å²) in [5, 5.41) is 4.75. The van der Waals surface area contributed by atoms with Crippen LogP contribution >= 0.6 is 0 Å². The van der Waals surface area contributed by atoms with Crippen molar-refractivity contribution >= 4 is 111 Å². The molecule has 8 aromatic carbocycles. The summed E-state index contributed by atoms with van der Waals surface area (Å²) in [5.41, 5.74) is 8.59. The van der Waals surface area contributed by atoms with E-state index in [1.54, 1.807) is 16.9 Å². The number of benzene rings is 8. The molecule has 17 heteroatoms. The van der Waals surface area contributed by atoms with Crippen molar-refractivity contribution in [2.24, 2.45) is 70.0 Å². The van der Waals surface area contributed by atoms with E-state index in [0.717, 1.165) is 148 Å². The van der Waals surface area contributed by atoms with Gasteiger partial charge < -0.3 is 33.2 Å². The standard InChI is InChI=1S/C26H31O3S.C24H33O2S.C23H31O2S.C17H19O3S.C15H23S.C14H21OS/c27-25(29-26-19-12-17-11-18(14-19)15-20(26)13-17)16-28-23-7-8-24(30-9-3-4-10-30)22-6-2-1-5-21(22)23;1-16-8-21(27-6-4-3-5-7-27)9-17(2)22(16)26-23(25)24-13-18-10-19(14-24)12-20(11-18)15-24;1-15-7-20(26-5-3-4-6-26)8-16(2)21(15)25-22(24)23-12-17-9-18(13-23)11-19(10-17)14-23;1-19-17(18)12-20-15-8-9-16(21-10-4-5-11-21)14-7-3-2-6-13(14)15;1-15(2,3)13-7-9-14(10-8-13)16-11-5-4-6-12-16;1-11-9-13(10-12(2)14(11)15-3)16-7-5-4-6-8-16/h1-2,5-8,17-20,26H,3-4,9-16H2;8-9,18-20H,3-7,10-15H2,1-2H3;7-8,17-19H,3-6,9-14H2,1-2H3;2-3,6-9H,4-5,10-12H2,1H3;7-10H,4-6,11-12H2,1-3H3;9-10H,4-8H2,1-3H3/q6*+1. The Morgan fingerprint density at radius 3 is 0.941 bits per heavy atom. The minimum atomic E-state index is -0.360. The normalized spacial score (nSPS) is 27.7. The summed E-state index contributed by atoms with van der Waals surface area (Å²) >= 11 is 0. The predicted octanol–water partition coefficient (Wildman–Crippen LogP) is 26.9. The third-order valence-electron chi connectivity index (χ3n) is 33.5. The van der Waals surface area contributed by atoms with E-state index in [1.807, 2.05) is 12.1 Å². The third kappa shape index (κ3) is 23.6. The average Bonchev–Trinajstić information content (AvgIpc) is 0.922. The van der Waals surface area contributed by atoms with Gasteiger partial charge in [-0.25, -0.2) is 9.59 Å². The number of hydrogen-bond acceptors (Lipinski definition) is 11. The van der Waals surface area contributed by atoms with Crippen molar-refractivity contribution in [3.8, 4) is 28.7 Å². The maximum atomic E-state index is 13.3. The second kappa shape index (κ2) is 45.1. The van der Waals surface area contributed by atoms with Crippen molar-refractivity contribution < 1.29 is 52.3 Å². The van der Waals surface area contributed by atoms with Crippen LogP contribution in [0.3, 0.4) is 0 Å². The van der Waals surface area contributed by atoms with Gasteiger partial charge in [0.1, 0.15) is 104 Å². The van der Waals surface area contributed by atoms with Crippen molar-refractivity contribution in [1.29, 1.82) is 0 Å². The summed E-state index contributed by atoms with van der Waals surface area (Å²) in [7, 11) is 5.74. The lowest BCUT2D eigenvalue weighted by Gasteiger charge is -2.55. The number of methoxy groups -OCH3 is 2. The van der Waals surface area contributed by atoms with Crippen molar-refractivity contribution in [3.05, 3.63) is 172 Å². The number of esters is 4. The molecule has 136 heavy (non-hydrogen) atoms. The maximum absolute atomic E-state index is 13.3. The summed E-state index contributed by atoms with van der Waals surface area (Å²) < 4.78 is 40.0. The quantitative estimate of drug-likeness (QED) is 0.0462. The van der Waals surface area contributed by atoms with Gasteiger partial charge in [0.05, 0.1) is 25.0 Å². The van der Waals surface area contributed by atoms with E-state index in [2.05, 4.69) is 188 Å². The number of hydrogen-bond donors (Lipinski definition) is 0. The molecule has 18 aliphatic rings. The van der Waals surface area contributed by atoms with E-state index in [1.165, 1.54) is 290 Å². The van der Waals surface area contributed by atoms with Gasteiger partial charge in [0.25, 0.3) is 0 Å². The summed E-state index contributed by atoms with van der Waals surface area (Å²) in [6, 6.07) is 48.5. The molecular formula is C119H158O11S6+6. The van der Waals surface area contributed by atoms with Gasteiger partial charge in [-0.3, -0.25) is 9.59 Å². The molecule has 8 aromatic rings.